The number of hydrogen-bond acceptors (Lipinski definition) is 2. The van der Waals surface area contributed by atoms with Gasteiger partial charge in [-0.2, -0.15) is 0 Å². The van der Waals surface area contributed by atoms with Gasteiger partial charge in [0, 0.05) is 0 Å². The summed E-state index contributed by atoms with van der Waals surface area (Å²) < 4.78 is 5.26. The van der Waals surface area contributed by atoms with E-state index in [1.54, 1.807) is 7.11 Å². The first-order valence-electron chi connectivity index (χ1n) is 4.96. The number of benzene rings is 1. The van der Waals surface area contributed by atoms with Gasteiger partial charge in [0.25, 0.3) is 0 Å². The maximum Gasteiger partial charge on any atom is 0.122 e. The molecule has 1 aromatic rings. The lowest BCUT2D eigenvalue weighted by Gasteiger charge is -2.16. The zero-order chi connectivity index (χ0) is 10.7. The molecule has 2 nitrogen and oxygen atoms in total. The van der Waals surface area contributed by atoms with Gasteiger partial charge in [0.1, 0.15) is 5.75 Å². The van der Waals surface area contributed by atoms with Crippen LogP contribution in [-0.2, 0) is 0 Å². The molecule has 0 amide bonds. The fourth-order valence-corrected chi connectivity index (χ4v) is 1.70. The Morgan fingerprint density at radius 1 is 1.29 bits per heavy atom. The van der Waals surface area contributed by atoms with E-state index in [0.717, 1.165) is 5.75 Å². The molecule has 0 spiro atoms. The van der Waals surface area contributed by atoms with Crippen LogP contribution in [0.25, 0.3) is 0 Å². The highest BCUT2D eigenvalue weighted by molar-refractivity contribution is 5.44. The summed E-state index contributed by atoms with van der Waals surface area (Å²) in [5.41, 5.74) is 9.49. The lowest BCUT2D eigenvalue weighted by molar-refractivity contribution is 0.411. The molecule has 0 aliphatic carbocycles. The van der Waals surface area contributed by atoms with Gasteiger partial charge in [-0.25, -0.2) is 0 Å². The predicted octanol–water partition coefficient (Wildman–Crippen LogP) is 2.37. The minimum absolute atomic E-state index is 0.416. The Morgan fingerprint density at radius 2 is 1.93 bits per heavy atom. The molecule has 0 saturated carbocycles. The molecule has 14 heavy (non-hydrogen) atoms. The summed E-state index contributed by atoms with van der Waals surface area (Å²) in [5.74, 6) is 1.37. The largest absolute Gasteiger partial charge is 0.496 e. The molecule has 1 aromatic carbocycles. The first-order chi connectivity index (χ1) is 6.61. The number of rotatable bonds is 3. The molecule has 1 atom stereocenters. The molecular weight excluding hydrogens is 174 g/mol. The van der Waals surface area contributed by atoms with Crippen molar-refractivity contribution in [3.8, 4) is 5.75 Å². The Hall–Kier alpha value is -1.02. The second-order valence-electron chi connectivity index (χ2n) is 3.74. The Morgan fingerprint density at radius 3 is 2.43 bits per heavy atom. The topological polar surface area (TPSA) is 35.2 Å². The quantitative estimate of drug-likeness (QED) is 0.800. The molecule has 0 aliphatic rings. The molecule has 2 heteroatoms. The first-order valence-corrected chi connectivity index (χ1v) is 4.96. The molecule has 0 saturated heterocycles. The average molecular weight is 193 g/mol. The van der Waals surface area contributed by atoms with Crippen LogP contribution in [0.15, 0.2) is 12.1 Å². The maximum atomic E-state index is 5.66. The van der Waals surface area contributed by atoms with Gasteiger partial charge in [0.2, 0.25) is 0 Å². The van der Waals surface area contributed by atoms with Crippen molar-refractivity contribution >= 4 is 0 Å². The van der Waals surface area contributed by atoms with E-state index >= 15 is 0 Å². The van der Waals surface area contributed by atoms with Crippen LogP contribution in [-0.4, -0.2) is 13.7 Å². The number of nitrogens with two attached hydrogens (primary N) is 1. The monoisotopic (exact) mass is 193 g/mol. The van der Waals surface area contributed by atoms with Crippen LogP contribution in [0, 0.1) is 13.8 Å². The number of ether oxygens (including phenoxy) is 1. The normalized spacial score (nSPS) is 12.6. The van der Waals surface area contributed by atoms with E-state index in [0.29, 0.717) is 12.5 Å². The van der Waals surface area contributed by atoms with Crippen LogP contribution < -0.4 is 10.5 Å². The Kier molecular flexibility index (Phi) is 3.53. The molecule has 1 unspecified atom stereocenters. The summed E-state index contributed by atoms with van der Waals surface area (Å²) in [6, 6.07) is 4.13. The van der Waals surface area contributed by atoms with Crippen molar-refractivity contribution in [3.05, 3.63) is 28.8 Å². The first kappa shape index (κ1) is 11.1. The summed E-state index contributed by atoms with van der Waals surface area (Å²) in [5, 5.41) is 0. The van der Waals surface area contributed by atoms with Crippen LogP contribution in [0.3, 0.4) is 0 Å². The van der Waals surface area contributed by atoms with Gasteiger partial charge >= 0.3 is 0 Å². The SMILES string of the molecule is COc1ccc(C(C)CN)c(C)c1C. The smallest absolute Gasteiger partial charge is 0.122 e. The number of hydrogen-bond donors (Lipinski definition) is 1. The van der Waals surface area contributed by atoms with Crippen molar-refractivity contribution in [2.24, 2.45) is 5.73 Å². The van der Waals surface area contributed by atoms with Crippen molar-refractivity contribution in [1.82, 2.24) is 0 Å². The molecule has 0 heterocycles. The van der Waals surface area contributed by atoms with Crippen LogP contribution in [0.5, 0.6) is 5.75 Å². The third-order valence-electron chi connectivity index (χ3n) is 2.88. The highest BCUT2D eigenvalue weighted by Gasteiger charge is 2.10. The van der Waals surface area contributed by atoms with E-state index in [2.05, 4.69) is 26.8 Å². The van der Waals surface area contributed by atoms with E-state index in [4.69, 9.17) is 10.5 Å². The molecule has 0 aromatic heterocycles. The minimum atomic E-state index is 0.416. The summed E-state index contributed by atoms with van der Waals surface area (Å²) in [4.78, 5) is 0. The molecule has 0 bridgehead atoms. The van der Waals surface area contributed by atoms with E-state index in [9.17, 15) is 0 Å². The van der Waals surface area contributed by atoms with Gasteiger partial charge in [-0.05, 0) is 49.1 Å². The van der Waals surface area contributed by atoms with Crippen molar-refractivity contribution in [1.29, 1.82) is 0 Å². The van der Waals surface area contributed by atoms with E-state index in [1.807, 2.05) is 6.07 Å². The Labute approximate surface area is 86.1 Å². The molecule has 1 rings (SSSR count). The van der Waals surface area contributed by atoms with Gasteiger partial charge in [0.15, 0.2) is 0 Å². The second-order valence-corrected chi connectivity index (χ2v) is 3.74. The second kappa shape index (κ2) is 4.47. The highest BCUT2D eigenvalue weighted by Crippen LogP contribution is 2.27. The third kappa shape index (κ3) is 1.90. The predicted molar refractivity (Wildman–Crippen MR) is 59.9 cm³/mol. The minimum Gasteiger partial charge on any atom is -0.496 e. The van der Waals surface area contributed by atoms with E-state index < -0.39 is 0 Å². The third-order valence-corrected chi connectivity index (χ3v) is 2.88. The van der Waals surface area contributed by atoms with Crippen molar-refractivity contribution < 1.29 is 4.74 Å². The Balaban J connectivity index is 3.17. The Bertz CT molecular complexity index is 320. The summed E-state index contributed by atoms with van der Waals surface area (Å²) in [6.07, 6.45) is 0. The van der Waals surface area contributed by atoms with E-state index in [-0.39, 0.29) is 0 Å². The molecule has 78 valence electrons. The van der Waals surface area contributed by atoms with Crippen molar-refractivity contribution in [3.63, 3.8) is 0 Å². The average Bonchev–Trinajstić information content (AvgIpc) is 2.21. The van der Waals surface area contributed by atoms with Crippen LogP contribution in [0.1, 0.15) is 29.5 Å². The van der Waals surface area contributed by atoms with Gasteiger partial charge in [0.05, 0.1) is 7.11 Å². The fraction of sp³-hybridized carbons (Fsp3) is 0.500. The van der Waals surface area contributed by atoms with Crippen LogP contribution >= 0.6 is 0 Å². The van der Waals surface area contributed by atoms with Gasteiger partial charge in [-0.15, -0.1) is 0 Å². The summed E-state index contributed by atoms with van der Waals surface area (Å²) in [7, 11) is 1.70. The molecule has 0 radical (unpaired) electrons. The van der Waals surface area contributed by atoms with Crippen molar-refractivity contribution in [2.45, 2.75) is 26.7 Å². The maximum absolute atomic E-state index is 5.66. The van der Waals surface area contributed by atoms with Gasteiger partial charge in [-0.1, -0.05) is 13.0 Å². The fourth-order valence-electron chi connectivity index (χ4n) is 1.70. The molecular formula is C12H19NO. The lowest BCUT2D eigenvalue weighted by atomic mass is 9.93. The number of methoxy groups -OCH3 is 1. The summed E-state index contributed by atoms with van der Waals surface area (Å²) in [6.45, 7) is 7.04. The van der Waals surface area contributed by atoms with Crippen LogP contribution in [0.4, 0.5) is 0 Å². The van der Waals surface area contributed by atoms with Gasteiger partial charge < -0.3 is 10.5 Å². The summed E-state index contributed by atoms with van der Waals surface area (Å²) >= 11 is 0. The molecule has 0 aliphatic heterocycles. The zero-order valence-electron chi connectivity index (χ0n) is 9.42. The van der Waals surface area contributed by atoms with E-state index in [1.165, 1.54) is 16.7 Å². The molecule has 2 N–H and O–H groups in total. The molecule has 0 fully saturated rings. The highest BCUT2D eigenvalue weighted by atomic mass is 16.5. The standard InChI is InChI=1S/C12H19NO/c1-8(7-13)11-5-6-12(14-4)10(3)9(11)2/h5-6,8H,7,13H2,1-4H3. The zero-order valence-corrected chi connectivity index (χ0v) is 9.42. The van der Waals surface area contributed by atoms with Crippen LogP contribution in [0.2, 0.25) is 0 Å². The van der Waals surface area contributed by atoms with Gasteiger partial charge in [-0.3, -0.25) is 0 Å². The van der Waals surface area contributed by atoms with Crippen molar-refractivity contribution in [2.75, 3.05) is 13.7 Å². The lowest BCUT2D eigenvalue weighted by Crippen LogP contribution is -2.10.